The van der Waals surface area contributed by atoms with Crippen molar-refractivity contribution in [3.8, 4) is 0 Å². The molecule has 0 spiro atoms. The van der Waals surface area contributed by atoms with Crippen LogP contribution in [0.3, 0.4) is 0 Å². The summed E-state index contributed by atoms with van der Waals surface area (Å²) >= 11 is 0. The number of aromatic nitrogens is 1. The molecule has 0 saturated heterocycles. The first-order chi connectivity index (χ1) is 9.22. The van der Waals surface area contributed by atoms with Crippen LogP contribution in [0.5, 0.6) is 0 Å². The van der Waals surface area contributed by atoms with Crippen LogP contribution in [0.25, 0.3) is 10.9 Å². The van der Waals surface area contributed by atoms with E-state index in [-0.39, 0.29) is 11.9 Å². The molecule has 1 aromatic heterocycles. The van der Waals surface area contributed by atoms with Crippen molar-refractivity contribution in [1.82, 2.24) is 10.3 Å². The molecule has 0 bridgehead atoms. The average Bonchev–Trinajstić information content (AvgIpc) is 3.22. The molecule has 2 N–H and O–H groups in total. The number of para-hydroxylation sites is 1. The minimum Gasteiger partial charge on any atom is -0.359 e. The van der Waals surface area contributed by atoms with Gasteiger partial charge in [-0.3, -0.25) is 4.79 Å². The second-order valence-corrected chi connectivity index (χ2v) is 5.04. The Morgan fingerprint density at radius 1 is 1.26 bits per heavy atom. The van der Waals surface area contributed by atoms with Crippen molar-refractivity contribution in [2.45, 2.75) is 31.8 Å². The van der Waals surface area contributed by atoms with Crippen molar-refractivity contribution in [2.24, 2.45) is 0 Å². The molecule has 1 fully saturated rings. The number of amides is 1. The van der Waals surface area contributed by atoms with Crippen molar-refractivity contribution >= 4 is 22.6 Å². The topological polar surface area (TPSA) is 54.0 Å². The molecule has 1 aromatic carbocycles. The first kappa shape index (κ1) is 12.0. The maximum Gasteiger partial charge on any atom is 0.242 e. The highest BCUT2D eigenvalue weighted by Crippen LogP contribution is 2.19. The molecular weight excluding hydrogens is 238 g/mol. The molecule has 0 radical (unpaired) electrons. The van der Waals surface area contributed by atoms with Gasteiger partial charge in [0.05, 0.1) is 5.52 Å². The Kier molecular flexibility index (Phi) is 3.07. The molecule has 19 heavy (non-hydrogen) atoms. The monoisotopic (exact) mass is 255 g/mol. The van der Waals surface area contributed by atoms with Gasteiger partial charge >= 0.3 is 0 Å². The Morgan fingerprint density at radius 3 is 2.84 bits per heavy atom. The van der Waals surface area contributed by atoms with Crippen LogP contribution in [-0.4, -0.2) is 23.0 Å². The molecule has 1 heterocycles. The van der Waals surface area contributed by atoms with E-state index in [1.807, 2.05) is 43.3 Å². The Morgan fingerprint density at radius 2 is 2.05 bits per heavy atom. The second kappa shape index (κ2) is 4.88. The summed E-state index contributed by atoms with van der Waals surface area (Å²) in [5.41, 5.74) is 0.933. The van der Waals surface area contributed by atoms with Gasteiger partial charge in [-0.25, -0.2) is 4.98 Å². The van der Waals surface area contributed by atoms with Gasteiger partial charge in [0.2, 0.25) is 5.91 Å². The number of anilines is 1. The zero-order chi connectivity index (χ0) is 13.2. The van der Waals surface area contributed by atoms with Gasteiger partial charge in [0.25, 0.3) is 0 Å². The Bertz CT molecular complexity index is 607. The van der Waals surface area contributed by atoms with E-state index in [4.69, 9.17) is 0 Å². The fourth-order valence-corrected chi connectivity index (χ4v) is 1.99. The standard InChI is InChI=1S/C15H17N3O/c1-10(15(19)17-12-7-8-12)16-14-9-6-11-4-2-3-5-13(11)18-14/h2-6,9-10,12H,7-8H2,1H3,(H,16,18)(H,17,19). The zero-order valence-electron chi connectivity index (χ0n) is 10.9. The van der Waals surface area contributed by atoms with E-state index in [1.165, 1.54) is 0 Å². The van der Waals surface area contributed by atoms with E-state index < -0.39 is 0 Å². The third-order valence-electron chi connectivity index (χ3n) is 3.28. The Hall–Kier alpha value is -2.10. The van der Waals surface area contributed by atoms with Gasteiger partial charge in [-0.05, 0) is 38.0 Å². The molecule has 1 aliphatic carbocycles. The zero-order valence-corrected chi connectivity index (χ0v) is 10.9. The summed E-state index contributed by atoms with van der Waals surface area (Å²) in [5, 5.41) is 7.23. The minimum absolute atomic E-state index is 0.0393. The number of nitrogens with one attached hydrogen (secondary N) is 2. The van der Waals surface area contributed by atoms with Gasteiger partial charge in [0.1, 0.15) is 11.9 Å². The summed E-state index contributed by atoms with van der Waals surface area (Å²) in [6, 6.07) is 12.0. The summed E-state index contributed by atoms with van der Waals surface area (Å²) in [7, 11) is 0. The fraction of sp³-hybridized carbons (Fsp3) is 0.333. The first-order valence-corrected chi connectivity index (χ1v) is 6.65. The Labute approximate surface area is 112 Å². The van der Waals surface area contributed by atoms with Crippen molar-refractivity contribution in [2.75, 3.05) is 5.32 Å². The third kappa shape index (κ3) is 2.84. The molecule has 1 amide bonds. The number of hydrogen-bond donors (Lipinski definition) is 2. The first-order valence-electron chi connectivity index (χ1n) is 6.65. The molecule has 4 nitrogen and oxygen atoms in total. The molecule has 2 aromatic rings. The van der Waals surface area contributed by atoms with Crippen molar-refractivity contribution in [1.29, 1.82) is 0 Å². The smallest absolute Gasteiger partial charge is 0.242 e. The highest BCUT2D eigenvalue weighted by atomic mass is 16.2. The van der Waals surface area contributed by atoms with Crippen LogP contribution in [0.4, 0.5) is 5.82 Å². The number of rotatable bonds is 4. The SMILES string of the molecule is CC(Nc1ccc2ccccc2n1)C(=O)NC1CC1. The molecule has 4 heteroatoms. The van der Waals surface area contributed by atoms with E-state index in [0.717, 1.165) is 29.6 Å². The summed E-state index contributed by atoms with van der Waals surface area (Å²) in [5.74, 6) is 0.773. The van der Waals surface area contributed by atoms with Crippen molar-refractivity contribution < 1.29 is 4.79 Å². The lowest BCUT2D eigenvalue weighted by molar-refractivity contribution is -0.121. The number of nitrogens with zero attached hydrogens (tertiary/aromatic N) is 1. The van der Waals surface area contributed by atoms with Gasteiger partial charge in [-0.2, -0.15) is 0 Å². The molecule has 98 valence electrons. The predicted octanol–water partition coefficient (Wildman–Crippen LogP) is 2.31. The number of fused-ring (bicyclic) bond motifs is 1. The van der Waals surface area contributed by atoms with Crippen LogP contribution in [-0.2, 0) is 4.79 Å². The molecule has 1 saturated carbocycles. The van der Waals surface area contributed by atoms with Crippen molar-refractivity contribution in [3.63, 3.8) is 0 Å². The predicted molar refractivity (Wildman–Crippen MR) is 76.0 cm³/mol. The normalized spacial score (nSPS) is 16.1. The van der Waals surface area contributed by atoms with Gasteiger partial charge in [-0.15, -0.1) is 0 Å². The lowest BCUT2D eigenvalue weighted by Gasteiger charge is -2.14. The number of hydrogen-bond acceptors (Lipinski definition) is 3. The number of pyridine rings is 1. The average molecular weight is 255 g/mol. The van der Waals surface area contributed by atoms with Crippen molar-refractivity contribution in [3.05, 3.63) is 36.4 Å². The number of carbonyl (C=O) groups excluding carboxylic acids is 1. The third-order valence-corrected chi connectivity index (χ3v) is 3.28. The van der Waals surface area contributed by atoms with E-state index in [0.29, 0.717) is 6.04 Å². The Balaban J connectivity index is 1.71. The summed E-state index contributed by atoms with van der Waals surface area (Å²) in [6.45, 7) is 1.86. The highest BCUT2D eigenvalue weighted by Gasteiger charge is 2.25. The quantitative estimate of drug-likeness (QED) is 0.881. The van der Waals surface area contributed by atoms with Gasteiger partial charge in [-0.1, -0.05) is 18.2 Å². The lowest BCUT2D eigenvalue weighted by Crippen LogP contribution is -2.38. The van der Waals surface area contributed by atoms with E-state index in [9.17, 15) is 4.79 Å². The molecule has 0 aliphatic heterocycles. The molecule has 1 atom stereocenters. The highest BCUT2D eigenvalue weighted by molar-refractivity contribution is 5.85. The van der Waals surface area contributed by atoms with E-state index in [2.05, 4.69) is 15.6 Å². The second-order valence-electron chi connectivity index (χ2n) is 5.04. The summed E-state index contributed by atoms with van der Waals surface area (Å²) < 4.78 is 0. The van der Waals surface area contributed by atoms with E-state index >= 15 is 0 Å². The van der Waals surface area contributed by atoms with Gasteiger partial charge in [0.15, 0.2) is 0 Å². The summed E-state index contributed by atoms with van der Waals surface area (Å²) in [6.07, 6.45) is 2.21. The lowest BCUT2D eigenvalue weighted by atomic mass is 10.2. The molecule has 1 aliphatic rings. The maximum absolute atomic E-state index is 11.9. The van der Waals surface area contributed by atoms with Crippen LogP contribution in [0.1, 0.15) is 19.8 Å². The van der Waals surface area contributed by atoms with Gasteiger partial charge < -0.3 is 10.6 Å². The van der Waals surface area contributed by atoms with Crippen LogP contribution in [0.2, 0.25) is 0 Å². The number of benzene rings is 1. The molecular formula is C15H17N3O. The van der Waals surface area contributed by atoms with Crippen LogP contribution < -0.4 is 10.6 Å². The van der Waals surface area contributed by atoms with Gasteiger partial charge in [0, 0.05) is 11.4 Å². The fourth-order valence-electron chi connectivity index (χ4n) is 1.99. The van der Waals surface area contributed by atoms with Crippen LogP contribution >= 0.6 is 0 Å². The summed E-state index contributed by atoms with van der Waals surface area (Å²) in [4.78, 5) is 16.4. The number of carbonyl (C=O) groups is 1. The molecule has 3 rings (SSSR count). The molecule has 1 unspecified atom stereocenters. The van der Waals surface area contributed by atoms with Crippen LogP contribution in [0, 0.1) is 0 Å². The van der Waals surface area contributed by atoms with Crippen LogP contribution in [0.15, 0.2) is 36.4 Å². The van der Waals surface area contributed by atoms with E-state index in [1.54, 1.807) is 0 Å². The minimum atomic E-state index is -0.269. The maximum atomic E-state index is 11.9. The largest absolute Gasteiger partial charge is 0.359 e.